The van der Waals surface area contributed by atoms with Gasteiger partial charge in [-0.1, -0.05) is 22.9 Å². The monoisotopic (exact) mass is 465 g/mol. The van der Waals surface area contributed by atoms with E-state index in [9.17, 15) is 18.0 Å². The molecule has 3 aromatic rings. The minimum absolute atomic E-state index is 0.0659. The largest absolute Gasteiger partial charge is 0.326 e. The number of anilines is 1. The molecular weight excluding hydrogens is 446 g/mol. The summed E-state index contributed by atoms with van der Waals surface area (Å²) in [7, 11) is -1.98. The fourth-order valence-corrected chi connectivity index (χ4v) is 6.15. The quantitative estimate of drug-likeness (QED) is 0.640. The summed E-state index contributed by atoms with van der Waals surface area (Å²) in [4.78, 5) is 24.7. The molecule has 1 aliphatic rings. The SMILES string of the molecule is Cn1c(=O)sc2cc(NC(=O)[C@H]3CCCN(S(=O)(=O)c4ccc(Cl)cc4)C3)ccc21. The molecule has 1 aromatic heterocycles. The topological polar surface area (TPSA) is 88.5 Å². The Morgan fingerprint density at radius 2 is 1.93 bits per heavy atom. The Bertz CT molecular complexity index is 1270. The number of halogens is 1. The van der Waals surface area contributed by atoms with Crippen LogP contribution in [0.15, 0.2) is 52.2 Å². The average molecular weight is 466 g/mol. The highest BCUT2D eigenvalue weighted by atomic mass is 35.5. The van der Waals surface area contributed by atoms with E-state index in [1.54, 1.807) is 29.8 Å². The molecule has 0 radical (unpaired) electrons. The van der Waals surface area contributed by atoms with Crippen LogP contribution in [-0.2, 0) is 21.9 Å². The van der Waals surface area contributed by atoms with Crippen molar-refractivity contribution in [2.75, 3.05) is 18.4 Å². The lowest BCUT2D eigenvalue weighted by Crippen LogP contribution is -2.43. The van der Waals surface area contributed by atoms with Gasteiger partial charge in [0.25, 0.3) is 0 Å². The van der Waals surface area contributed by atoms with Crippen LogP contribution in [0.1, 0.15) is 12.8 Å². The molecular formula is C20H20ClN3O4S2. The van der Waals surface area contributed by atoms with Crippen LogP contribution in [0.25, 0.3) is 10.2 Å². The Labute approximate surface area is 182 Å². The number of amides is 1. The maximum Gasteiger partial charge on any atom is 0.307 e. The molecule has 2 heterocycles. The predicted octanol–water partition coefficient (Wildman–Crippen LogP) is 3.29. The number of fused-ring (bicyclic) bond motifs is 1. The van der Waals surface area contributed by atoms with Crippen LogP contribution in [-0.4, -0.2) is 36.3 Å². The van der Waals surface area contributed by atoms with E-state index < -0.39 is 15.9 Å². The number of piperidine rings is 1. The van der Waals surface area contributed by atoms with E-state index in [-0.39, 0.29) is 22.2 Å². The first-order valence-corrected chi connectivity index (χ1v) is 12.1. The summed E-state index contributed by atoms with van der Waals surface area (Å²) in [6.45, 7) is 0.496. The zero-order valence-electron chi connectivity index (χ0n) is 16.2. The molecule has 10 heteroatoms. The molecule has 7 nitrogen and oxygen atoms in total. The number of sulfonamides is 1. The minimum Gasteiger partial charge on any atom is -0.326 e. The van der Waals surface area contributed by atoms with Gasteiger partial charge in [-0.15, -0.1) is 0 Å². The van der Waals surface area contributed by atoms with Gasteiger partial charge >= 0.3 is 4.87 Å². The number of aromatic nitrogens is 1. The fraction of sp³-hybridized carbons (Fsp3) is 0.300. The molecule has 0 saturated carbocycles. The average Bonchev–Trinajstić information content (AvgIpc) is 3.01. The van der Waals surface area contributed by atoms with E-state index in [0.29, 0.717) is 30.1 Å². The number of carbonyl (C=O) groups is 1. The Morgan fingerprint density at radius 1 is 1.20 bits per heavy atom. The second-order valence-corrected chi connectivity index (χ2v) is 10.6. The number of carbonyl (C=O) groups excluding carboxylic acids is 1. The van der Waals surface area contributed by atoms with Crippen molar-refractivity contribution < 1.29 is 13.2 Å². The third-order valence-corrected chi connectivity index (χ3v) is 8.39. The number of nitrogens with one attached hydrogen (secondary N) is 1. The minimum atomic E-state index is -3.69. The van der Waals surface area contributed by atoms with E-state index in [1.807, 2.05) is 0 Å². The number of hydrogen-bond donors (Lipinski definition) is 1. The summed E-state index contributed by atoms with van der Waals surface area (Å²) in [5, 5.41) is 3.33. The van der Waals surface area contributed by atoms with Crippen molar-refractivity contribution in [1.82, 2.24) is 8.87 Å². The lowest BCUT2D eigenvalue weighted by atomic mass is 9.98. The summed E-state index contributed by atoms with van der Waals surface area (Å²) in [5.41, 5.74) is 1.40. The highest BCUT2D eigenvalue weighted by molar-refractivity contribution is 7.89. The first-order valence-electron chi connectivity index (χ1n) is 9.42. The summed E-state index contributed by atoms with van der Waals surface area (Å²) in [6, 6.07) is 11.3. The molecule has 1 amide bonds. The molecule has 1 aliphatic heterocycles. The normalized spacial score (nSPS) is 17.9. The molecule has 4 rings (SSSR count). The van der Waals surface area contributed by atoms with Crippen LogP contribution in [0, 0.1) is 5.92 Å². The van der Waals surface area contributed by atoms with Crippen LogP contribution in [0.4, 0.5) is 5.69 Å². The van der Waals surface area contributed by atoms with Crippen molar-refractivity contribution in [3.8, 4) is 0 Å². The Morgan fingerprint density at radius 3 is 2.67 bits per heavy atom. The van der Waals surface area contributed by atoms with Crippen molar-refractivity contribution in [2.24, 2.45) is 13.0 Å². The molecule has 1 saturated heterocycles. The van der Waals surface area contributed by atoms with Crippen molar-refractivity contribution in [3.05, 3.63) is 57.2 Å². The molecule has 0 unspecified atom stereocenters. The van der Waals surface area contributed by atoms with Gasteiger partial charge in [-0.3, -0.25) is 9.59 Å². The van der Waals surface area contributed by atoms with Gasteiger partial charge in [0.15, 0.2) is 0 Å². The number of nitrogens with zero attached hydrogens (tertiary/aromatic N) is 2. The van der Waals surface area contributed by atoms with Gasteiger partial charge in [-0.05, 0) is 55.3 Å². The van der Waals surface area contributed by atoms with Crippen molar-refractivity contribution >= 4 is 54.8 Å². The van der Waals surface area contributed by atoms with Crippen molar-refractivity contribution in [3.63, 3.8) is 0 Å². The first kappa shape index (κ1) is 21.0. The maximum absolute atomic E-state index is 12.9. The van der Waals surface area contributed by atoms with Gasteiger partial charge in [-0.2, -0.15) is 4.31 Å². The molecule has 30 heavy (non-hydrogen) atoms. The molecule has 0 bridgehead atoms. The Hall–Kier alpha value is -2.20. The van der Waals surface area contributed by atoms with Crippen LogP contribution >= 0.6 is 22.9 Å². The maximum atomic E-state index is 12.9. The zero-order chi connectivity index (χ0) is 21.5. The Balaban J connectivity index is 1.49. The van der Waals surface area contributed by atoms with Crippen molar-refractivity contribution in [2.45, 2.75) is 17.7 Å². The molecule has 1 N–H and O–H groups in total. The lowest BCUT2D eigenvalue weighted by Gasteiger charge is -2.31. The van der Waals surface area contributed by atoms with Gasteiger partial charge in [0, 0.05) is 30.8 Å². The third-order valence-electron chi connectivity index (χ3n) is 5.27. The van der Waals surface area contributed by atoms with E-state index in [1.165, 1.54) is 28.6 Å². The van der Waals surface area contributed by atoms with Gasteiger partial charge in [0.1, 0.15) is 0 Å². The van der Waals surface area contributed by atoms with Crippen molar-refractivity contribution in [1.29, 1.82) is 0 Å². The molecule has 1 fully saturated rings. The highest BCUT2D eigenvalue weighted by Gasteiger charge is 2.33. The van der Waals surface area contributed by atoms with E-state index in [4.69, 9.17) is 11.6 Å². The zero-order valence-corrected chi connectivity index (χ0v) is 18.6. The van der Waals surface area contributed by atoms with Crippen LogP contribution in [0.3, 0.4) is 0 Å². The van der Waals surface area contributed by atoms with Crippen LogP contribution in [0.5, 0.6) is 0 Å². The molecule has 0 spiro atoms. The van der Waals surface area contributed by atoms with Gasteiger partial charge in [0.05, 0.1) is 21.0 Å². The van der Waals surface area contributed by atoms with E-state index in [0.717, 1.165) is 21.6 Å². The molecule has 0 aliphatic carbocycles. The van der Waals surface area contributed by atoms with Gasteiger partial charge in [-0.25, -0.2) is 8.42 Å². The van der Waals surface area contributed by atoms with Crippen LogP contribution < -0.4 is 10.2 Å². The standard InChI is InChI=1S/C20H20ClN3O4S2/c1-23-17-9-6-15(11-18(17)29-20(23)26)22-19(25)13-3-2-10-24(12-13)30(27,28)16-7-4-14(21)5-8-16/h4-9,11,13H,2-3,10,12H2,1H3,(H,22,25)/t13-/m0/s1. The highest BCUT2D eigenvalue weighted by Crippen LogP contribution is 2.26. The summed E-state index contributed by atoms with van der Waals surface area (Å²) >= 11 is 6.97. The molecule has 1 atom stereocenters. The smallest absolute Gasteiger partial charge is 0.307 e. The fourth-order valence-electron chi connectivity index (χ4n) is 3.59. The summed E-state index contributed by atoms with van der Waals surface area (Å²) in [5.74, 6) is -0.681. The van der Waals surface area contributed by atoms with Gasteiger partial charge in [0.2, 0.25) is 15.9 Å². The molecule has 158 valence electrons. The summed E-state index contributed by atoms with van der Waals surface area (Å²) < 4.78 is 29.6. The Kier molecular flexibility index (Phi) is 5.71. The number of benzene rings is 2. The van der Waals surface area contributed by atoms with E-state index in [2.05, 4.69) is 5.32 Å². The first-order chi connectivity index (χ1) is 14.3. The number of hydrogen-bond acceptors (Lipinski definition) is 5. The van der Waals surface area contributed by atoms with E-state index >= 15 is 0 Å². The third kappa shape index (κ3) is 4.02. The number of thiazole rings is 1. The second-order valence-electron chi connectivity index (χ2n) is 7.25. The predicted molar refractivity (Wildman–Crippen MR) is 119 cm³/mol. The number of aryl methyl sites for hydroxylation is 1. The number of rotatable bonds is 4. The second kappa shape index (κ2) is 8.14. The van der Waals surface area contributed by atoms with Gasteiger partial charge < -0.3 is 9.88 Å². The van der Waals surface area contributed by atoms with Crippen LogP contribution in [0.2, 0.25) is 5.02 Å². The summed E-state index contributed by atoms with van der Waals surface area (Å²) in [6.07, 6.45) is 1.21. The molecule has 2 aromatic carbocycles. The lowest BCUT2D eigenvalue weighted by molar-refractivity contribution is -0.120.